The first-order valence-electron chi connectivity index (χ1n) is 9.06. The van der Waals surface area contributed by atoms with E-state index in [1.54, 1.807) is 30.3 Å². The molecule has 2 heterocycles. The molecule has 0 aliphatic carbocycles. The Kier molecular flexibility index (Phi) is 6.02. The van der Waals surface area contributed by atoms with Gasteiger partial charge in [0.1, 0.15) is 4.83 Å². The molecule has 2 aromatic heterocycles. The summed E-state index contributed by atoms with van der Waals surface area (Å²) >= 11 is 15.0. The van der Waals surface area contributed by atoms with Crippen molar-refractivity contribution in [3.8, 4) is 5.69 Å². The van der Waals surface area contributed by atoms with Gasteiger partial charge in [0.05, 0.1) is 26.9 Å². The zero-order valence-electron chi connectivity index (χ0n) is 16.1. The van der Waals surface area contributed by atoms with Crippen molar-refractivity contribution < 1.29 is 4.79 Å². The molecule has 0 saturated carbocycles. The van der Waals surface area contributed by atoms with Crippen LogP contribution >= 0.6 is 46.3 Å². The summed E-state index contributed by atoms with van der Waals surface area (Å²) in [5, 5.41) is 1.77. The third-order valence-corrected chi connectivity index (χ3v) is 7.54. The number of ketones is 1. The van der Waals surface area contributed by atoms with Crippen molar-refractivity contribution in [2.75, 3.05) is 5.75 Å². The molecule has 2 aromatic carbocycles. The minimum absolute atomic E-state index is 0.0332. The molecule has 0 saturated heterocycles. The molecule has 0 aliphatic heterocycles. The van der Waals surface area contributed by atoms with Crippen LogP contribution in [0, 0.1) is 13.8 Å². The van der Waals surface area contributed by atoms with E-state index in [-0.39, 0.29) is 17.1 Å². The average molecular weight is 475 g/mol. The summed E-state index contributed by atoms with van der Waals surface area (Å²) in [5.74, 6) is 0.126. The summed E-state index contributed by atoms with van der Waals surface area (Å²) in [6, 6.07) is 14.1. The largest absolute Gasteiger partial charge is 0.293 e. The molecule has 0 N–H and O–H groups in total. The maximum absolute atomic E-state index is 13.5. The molecule has 0 amide bonds. The lowest BCUT2D eigenvalue weighted by molar-refractivity contribution is 0.102. The Bertz CT molecular complexity index is 1330. The van der Waals surface area contributed by atoms with Crippen molar-refractivity contribution in [1.82, 2.24) is 9.55 Å². The van der Waals surface area contributed by atoms with Crippen molar-refractivity contribution >= 4 is 62.3 Å². The Labute approximate surface area is 191 Å². The summed E-state index contributed by atoms with van der Waals surface area (Å²) in [7, 11) is 0. The molecule has 152 valence electrons. The Morgan fingerprint density at radius 1 is 1.10 bits per heavy atom. The lowest BCUT2D eigenvalue weighted by Crippen LogP contribution is -2.22. The van der Waals surface area contributed by atoms with Gasteiger partial charge in [-0.2, -0.15) is 0 Å². The molecular weight excluding hydrogens is 459 g/mol. The quantitative estimate of drug-likeness (QED) is 0.192. The van der Waals surface area contributed by atoms with Gasteiger partial charge in [-0.15, -0.1) is 11.3 Å². The van der Waals surface area contributed by atoms with E-state index in [0.29, 0.717) is 36.7 Å². The van der Waals surface area contributed by atoms with Crippen molar-refractivity contribution in [3.05, 3.63) is 84.9 Å². The fraction of sp³-hybridized carbons (Fsp3) is 0.136. The number of fused-ring (bicyclic) bond motifs is 1. The van der Waals surface area contributed by atoms with Gasteiger partial charge < -0.3 is 0 Å². The normalized spacial score (nSPS) is 11.2. The van der Waals surface area contributed by atoms with E-state index in [4.69, 9.17) is 28.2 Å². The van der Waals surface area contributed by atoms with E-state index in [9.17, 15) is 9.59 Å². The number of rotatable bonds is 5. The lowest BCUT2D eigenvalue weighted by atomic mass is 10.2. The summed E-state index contributed by atoms with van der Waals surface area (Å²) in [5.41, 5.74) is 1.91. The van der Waals surface area contributed by atoms with E-state index in [0.717, 1.165) is 10.4 Å². The highest BCUT2D eigenvalue weighted by molar-refractivity contribution is 7.99. The molecule has 0 atom stereocenters. The fourth-order valence-electron chi connectivity index (χ4n) is 3.06. The van der Waals surface area contributed by atoms with E-state index in [1.807, 2.05) is 32.0 Å². The molecule has 4 rings (SSSR count). The average Bonchev–Trinajstić information content (AvgIpc) is 3.03. The number of Topliss-reactive ketones (excluding diaryl/α,β-unsaturated/α-hetero) is 1. The number of hydrogen-bond donors (Lipinski definition) is 0. The maximum Gasteiger partial charge on any atom is 0.267 e. The van der Waals surface area contributed by atoms with Crippen LogP contribution in [0.15, 0.2) is 58.5 Å². The Balaban J connectivity index is 1.83. The number of nitrogens with zero attached hydrogens (tertiary/aromatic N) is 2. The molecule has 0 radical (unpaired) electrons. The summed E-state index contributed by atoms with van der Waals surface area (Å²) in [6.07, 6.45) is 0. The van der Waals surface area contributed by atoms with E-state index in [2.05, 4.69) is 0 Å². The summed E-state index contributed by atoms with van der Waals surface area (Å²) < 4.78 is 1.51. The predicted octanol–water partition coefficient (Wildman–Crippen LogP) is 6.35. The zero-order chi connectivity index (χ0) is 21.4. The van der Waals surface area contributed by atoms with Crippen molar-refractivity contribution in [3.63, 3.8) is 0 Å². The number of aromatic nitrogens is 2. The van der Waals surface area contributed by atoms with E-state index < -0.39 is 0 Å². The first kappa shape index (κ1) is 21.1. The van der Waals surface area contributed by atoms with E-state index >= 15 is 0 Å². The molecular formula is C22H16Cl2N2O2S2. The molecule has 8 heteroatoms. The van der Waals surface area contributed by atoms with Gasteiger partial charge in [-0.05, 0) is 37.6 Å². The van der Waals surface area contributed by atoms with Gasteiger partial charge in [0.2, 0.25) is 0 Å². The highest BCUT2D eigenvalue weighted by atomic mass is 35.5. The highest BCUT2D eigenvalue weighted by Gasteiger charge is 2.19. The summed E-state index contributed by atoms with van der Waals surface area (Å²) in [6.45, 7) is 3.89. The van der Waals surface area contributed by atoms with Gasteiger partial charge >= 0.3 is 0 Å². The van der Waals surface area contributed by atoms with Crippen LogP contribution in [0.2, 0.25) is 10.0 Å². The smallest absolute Gasteiger partial charge is 0.267 e. The molecule has 0 fully saturated rings. The van der Waals surface area contributed by atoms with Gasteiger partial charge in [-0.3, -0.25) is 14.2 Å². The van der Waals surface area contributed by atoms with Gasteiger partial charge in [-0.25, -0.2) is 4.98 Å². The molecule has 0 bridgehead atoms. The molecule has 0 spiro atoms. The van der Waals surface area contributed by atoms with Crippen LogP contribution in [0.25, 0.3) is 15.9 Å². The fourth-order valence-corrected chi connectivity index (χ4v) is 5.33. The minimum Gasteiger partial charge on any atom is -0.293 e. The van der Waals surface area contributed by atoms with Crippen LogP contribution in [0.3, 0.4) is 0 Å². The third kappa shape index (κ3) is 3.93. The minimum atomic E-state index is -0.185. The van der Waals surface area contributed by atoms with Crippen LogP contribution in [-0.4, -0.2) is 21.1 Å². The highest BCUT2D eigenvalue weighted by Crippen LogP contribution is 2.31. The number of thioether (sulfide) groups is 1. The number of benzene rings is 2. The molecule has 4 aromatic rings. The number of carbonyl (C=O) groups is 1. The van der Waals surface area contributed by atoms with Gasteiger partial charge in [0, 0.05) is 10.4 Å². The second-order valence-corrected chi connectivity index (χ2v) is 9.63. The Hall–Kier alpha value is -2.12. The topological polar surface area (TPSA) is 52.0 Å². The SMILES string of the molecule is Cc1sc2nc(SCC(=O)c3ccccc3)n(-c3ccc(Cl)c(Cl)c3)c(=O)c2c1C. The lowest BCUT2D eigenvalue weighted by Gasteiger charge is -2.13. The third-order valence-electron chi connectivity index (χ3n) is 4.76. The van der Waals surface area contributed by atoms with Crippen molar-refractivity contribution in [2.45, 2.75) is 19.0 Å². The van der Waals surface area contributed by atoms with Crippen LogP contribution in [0.4, 0.5) is 0 Å². The van der Waals surface area contributed by atoms with Crippen molar-refractivity contribution in [1.29, 1.82) is 0 Å². The van der Waals surface area contributed by atoms with Gasteiger partial charge in [0.25, 0.3) is 5.56 Å². The summed E-state index contributed by atoms with van der Waals surface area (Å²) in [4.78, 5) is 32.5. The van der Waals surface area contributed by atoms with Crippen LogP contribution in [0.1, 0.15) is 20.8 Å². The monoisotopic (exact) mass is 474 g/mol. The molecule has 30 heavy (non-hydrogen) atoms. The van der Waals surface area contributed by atoms with Gasteiger partial charge in [0.15, 0.2) is 10.9 Å². The number of aryl methyl sites for hydroxylation is 2. The Morgan fingerprint density at radius 3 is 2.53 bits per heavy atom. The van der Waals surface area contributed by atoms with Crippen LogP contribution < -0.4 is 5.56 Å². The molecule has 0 unspecified atom stereocenters. The van der Waals surface area contributed by atoms with Crippen LogP contribution in [-0.2, 0) is 0 Å². The number of thiophene rings is 1. The predicted molar refractivity (Wildman–Crippen MR) is 126 cm³/mol. The molecule has 4 nitrogen and oxygen atoms in total. The zero-order valence-corrected chi connectivity index (χ0v) is 19.3. The number of hydrogen-bond acceptors (Lipinski definition) is 5. The number of halogens is 2. The number of carbonyl (C=O) groups excluding carboxylic acids is 1. The van der Waals surface area contributed by atoms with Gasteiger partial charge in [-0.1, -0.05) is 65.3 Å². The second-order valence-electron chi connectivity index (χ2n) is 6.67. The molecule has 0 aliphatic rings. The van der Waals surface area contributed by atoms with E-state index in [1.165, 1.54) is 27.7 Å². The second kappa shape index (κ2) is 8.55. The van der Waals surface area contributed by atoms with Crippen LogP contribution in [0.5, 0.6) is 0 Å². The first-order chi connectivity index (χ1) is 14.4. The maximum atomic E-state index is 13.5. The first-order valence-corrected chi connectivity index (χ1v) is 11.6. The Morgan fingerprint density at radius 2 is 1.83 bits per heavy atom. The van der Waals surface area contributed by atoms with Crippen molar-refractivity contribution in [2.24, 2.45) is 0 Å². The standard InChI is InChI=1S/C22H16Cl2N2O2S2/c1-12-13(2)30-20-19(12)21(28)26(15-8-9-16(23)17(24)10-15)22(25-20)29-11-18(27)14-6-4-3-5-7-14/h3-10H,11H2,1-2H3.